The van der Waals surface area contributed by atoms with Gasteiger partial charge in [0.05, 0.1) is 17.5 Å². The fourth-order valence-corrected chi connectivity index (χ4v) is 4.64. The number of fused-ring (bicyclic) bond motifs is 3. The molecule has 4 nitrogen and oxygen atoms in total. The van der Waals surface area contributed by atoms with Crippen molar-refractivity contribution in [3.8, 4) is 0 Å². The summed E-state index contributed by atoms with van der Waals surface area (Å²) < 4.78 is 53.3. The molecule has 0 aliphatic carbocycles. The molecular formula is C24H27F4N3O. The fourth-order valence-electron chi connectivity index (χ4n) is 4.64. The molecule has 2 aliphatic heterocycles. The van der Waals surface area contributed by atoms with E-state index in [0.717, 1.165) is 23.9 Å². The van der Waals surface area contributed by atoms with Crippen LogP contribution < -0.4 is 15.1 Å². The number of anilines is 2. The fraction of sp³-hybridized carbons (Fsp3) is 0.458. The highest BCUT2D eigenvalue weighted by Gasteiger charge is 2.43. The van der Waals surface area contributed by atoms with Crippen molar-refractivity contribution in [3.63, 3.8) is 0 Å². The van der Waals surface area contributed by atoms with Gasteiger partial charge < -0.3 is 15.1 Å². The van der Waals surface area contributed by atoms with Crippen molar-refractivity contribution in [3.05, 3.63) is 59.4 Å². The molecule has 0 bridgehead atoms. The van der Waals surface area contributed by atoms with Crippen molar-refractivity contribution in [2.24, 2.45) is 5.92 Å². The standard InChI is InChI=1S/C24H27F4N3O/c1-3-15(2)29-23(32)20-13-16-12-17(24(26,27)28)4-9-21(16)31-11-10-30(14-22(20)31)19-7-5-18(25)6-8-19/h4-9,12,15,20,22H,3,10-11,13-14H2,1-2H3,(H,29,32)/t15-,20-,22-/m1/s1. The summed E-state index contributed by atoms with van der Waals surface area (Å²) >= 11 is 0. The minimum absolute atomic E-state index is 0.0179. The van der Waals surface area contributed by atoms with Crippen LogP contribution in [0, 0.1) is 11.7 Å². The Labute approximate surface area is 185 Å². The lowest BCUT2D eigenvalue weighted by Gasteiger charge is -2.50. The van der Waals surface area contributed by atoms with Crippen molar-refractivity contribution in [1.82, 2.24) is 5.32 Å². The Morgan fingerprint density at radius 1 is 1.16 bits per heavy atom. The second-order valence-electron chi connectivity index (χ2n) is 8.65. The average Bonchev–Trinajstić information content (AvgIpc) is 2.77. The largest absolute Gasteiger partial charge is 0.416 e. The van der Waals surface area contributed by atoms with Gasteiger partial charge in [-0.15, -0.1) is 0 Å². The van der Waals surface area contributed by atoms with Crippen LogP contribution >= 0.6 is 0 Å². The zero-order valence-electron chi connectivity index (χ0n) is 18.1. The number of carbonyl (C=O) groups excluding carboxylic acids is 1. The lowest BCUT2D eigenvalue weighted by atomic mass is 9.82. The van der Waals surface area contributed by atoms with E-state index in [9.17, 15) is 22.4 Å². The van der Waals surface area contributed by atoms with E-state index in [1.54, 1.807) is 12.1 Å². The number of hydrogen-bond donors (Lipinski definition) is 1. The van der Waals surface area contributed by atoms with Gasteiger partial charge in [0.1, 0.15) is 5.82 Å². The molecule has 32 heavy (non-hydrogen) atoms. The van der Waals surface area contributed by atoms with Gasteiger partial charge in [-0.05, 0) is 67.8 Å². The summed E-state index contributed by atoms with van der Waals surface area (Å²) in [7, 11) is 0. The lowest BCUT2D eigenvalue weighted by Crippen LogP contribution is -2.61. The van der Waals surface area contributed by atoms with E-state index >= 15 is 0 Å². The Bertz CT molecular complexity index is 976. The number of halogens is 4. The third-order valence-electron chi connectivity index (χ3n) is 6.57. The molecule has 0 spiro atoms. The lowest BCUT2D eigenvalue weighted by molar-refractivity contribution is -0.137. The second kappa shape index (κ2) is 8.64. The quantitative estimate of drug-likeness (QED) is 0.692. The Balaban J connectivity index is 1.67. The van der Waals surface area contributed by atoms with Crippen molar-refractivity contribution in [1.29, 1.82) is 0 Å². The second-order valence-corrected chi connectivity index (χ2v) is 8.65. The number of alkyl halides is 3. The van der Waals surface area contributed by atoms with E-state index in [2.05, 4.69) is 15.1 Å². The molecule has 1 amide bonds. The maximum atomic E-state index is 13.4. The topological polar surface area (TPSA) is 35.6 Å². The van der Waals surface area contributed by atoms with E-state index in [1.165, 1.54) is 24.3 Å². The van der Waals surface area contributed by atoms with Crippen LogP contribution in [-0.2, 0) is 17.4 Å². The molecule has 1 N–H and O–H groups in total. The van der Waals surface area contributed by atoms with Crippen molar-refractivity contribution < 1.29 is 22.4 Å². The zero-order chi connectivity index (χ0) is 23.0. The van der Waals surface area contributed by atoms with Gasteiger partial charge in [-0.2, -0.15) is 13.2 Å². The van der Waals surface area contributed by atoms with Gasteiger partial charge in [0, 0.05) is 37.1 Å². The first kappa shape index (κ1) is 22.4. The maximum Gasteiger partial charge on any atom is 0.416 e. The van der Waals surface area contributed by atoms with Crippen molar-refractivity contribution in [2.75, 3.05) is 29.4 Å². The van der Waals surface area contributed by atoms with Gasteiger partial charge in [0.2, 0.25) is 5.91 Å². The molecule has 1 fully saturated rings. The first-order valence-corrected chi connectivity index (χ1v) is 10.9. The monoisotopic (exact) mass is 449 g/mol. The van der Waals surface area contributed by atoms with Crippen LogP contribution in [-0.4, -0.2) is 37.6 Å². The highest BCUT2D eigenvalue weighted by molar-refractivity contribution is 5.82. The minimum atomic E-state index is -4.43. The molecule has 0 aromatic heterocycles. The molecular weight excluding hydrogens is 422 g/mol. The van der Waals surface area contributed by atoms with E-state index in [-0.39, 0.29) is 30.2 Å². The number of carbonyl (C=O) groups is 1. The van der Waals surface area contributed by atoms with Crippen LogP contribution in [0.1, 0.15) is 31.4 Å². The Morgan fingerprint density at radius 2 is 1.88 bits per heavy atom. The van der Waals surface area contributed by atoms with Gasteiger partial charge in [-0.1, -0.05) is 6.92 Å². The molecule has 172 valence electrons. The van der Waals surface area contributed by atoms with Gasteiger partial charge in [-0.25, -0.2) is 4.39 Å². The first-order valence-electron chi connectivity index (χ1n) is 10.9. The number of nitrogens with zero attached hydrogens (tertiary/aromatic N) is 2. The summed E-state index contributed by atoms with van der Waals surface area (Å²) in [5.74, 6) is -0.938. The summed E-state index contributed by atoms with van der Waals surface area (Å²) in [5.41, 5.74) is 1.48. The van der Waals surface area contributed by atoms with E-state index < -0.39 is 17.7 Å². The highest BCUT2D eigenvalue weighted by Crippen LogP contribution is 2.40. The van der Waals surface area contributed by atoms with E-state index in [1.807, 2.05) is 13.8 Å². The predicted octanol–water partition coefficient (Wildman–Crippen LogP) is 4.63. The molecule has 2 aromatic rings. The van der Waals surface area contributed by atoms with Crippen molar-refractivity contribution in [2.45, 2.75) is 44.9 Å². The highest BCUT2D eigenvalue weighted by atomic mass is 19.4. The summed E-state index contributed by atoms with van der Waals surface area (Å²) in [6, 6.07) is 9.85. The zero-order valence-corrected chi connectivity index (χ0v) is 18.1. The summed E-state index contributed by atoms with van der Waals surface area (Å²) in [4.78, 5) is 17.4. The summed E-state index contributed by atoms with van der Waals surface area (Å²) in [5, 5.41) is 3.01. The molecule has 2 aromatic carbocycles. The number of piperazine rings is 1. The minimum Gasteiger partial charge on any atom is -0.368 e. The van der Waals surface area contributed by atoms with Crippen molar-refractivity contribution >= 4 is 17.3 Å². The molecule has 0 radical (unpaired) electrons. The molecule has 0 unspecified atom stereocenters. The third kappa shape index (κ3) is 4.40. The number of hydrogen-bond acceptors (Lipinski definition) is 3. The molecule has 8 heteroatoms. The molecule has 2 heterocycles. The number of rotatable bonds is 4. The maximum absolute atomic E-state index is 13.4. The van der Waals surface area contributed by atoms with Gasteiger partial charge in [0.15, 0.2) is 0 Å². The first-order chi connectivity index (χ1) is 15.2. The van der Waals surface area contributed by atoms with Crippen LogP contribution in [0.4, 0.5) is 28.9 Å². The molecule has 3 atom stereocenters. The Morgan fingerprint density at radius 3 is 2.53 bits per heavy atom. The SMILES string of the molecule is CC[C@@H](C)NC(=O)[C@@H]1Cc2cc(C(F)(F)F)ccc2N2CCN(c3ccc(F)cc3)C[C@H]12. The molecule has 0 saturated carbocycles. The predicted molar refractivity (Wildman–Crippen MR) is 116 cm³/mol. The van der Waals surface area contributed by atoms with Gasteiger partial charge in [0.25, 0.3) is 0 Å². The van der Waals surface area contributed by atoms with E-state index in [4.69, 9.17) is 0 Å². The third-order valence-corrected chi connectivity index (χ3v) is 6.57. The molecule has 1 saturated heterocycles. The normalized spacial score (nSPS) is 21.6. The van der Waals surface area contributed by atoms with Crippen LogP contribution in [0.25, 0.3) is 0 Å². The average molecular weight is 449 g/mol. The number of nitrogens with one attached hydrogen (secondary N) is 1. The van der Waals surface area contributed by atoms with Crippen LogP contribution in [0.5, 0.6) is 0 Å². The van der Waals surface area contributed by atoms with Crippen LogP contribution in [0.2, 0.25) is 0 Å². The number of benzene rings is 2. The Hall–Kier alpha value is -2.77. The van der Waals surface area contributed by atoms with Gasteiger partial charge >= 0.3 is 6.18 Å². The molecule has 4 rings (SSSR count). The molecule has 2 aliphatic rings. The van der Waals surface area contributed by atoms with E-state index in [0.29, 0.717) is 25.2 Å². The number of amides is 1. The van der Waals surface area contributed by atoms with Crippen LogP contribution in [0.15, 0.2) is 42.5 Å². The summed E-state index contributed by atoms with van der Waals surface area (Å²) in [6.07, 6.45) is -3.41. The van der Waals surface area contributed by atoms with Gasteiger partial charge in [-0.3, -0.25) is 4.79 Å². The van der Waals surface area contributed by atoms with Crippen LogP contribution in [0.3, 0.4) is 0 Å². The smallest absolute Gasteiger partial charge is 0.368 e. The Kier molecular flexibility index (Phi) is 6.05. The summed E-state index contributed by atoms with van der Waals surface area (Å²) in [6.45, 7) is 5.61.